The molecule has 0 aliphatic heterocycles. The molecule has 2 aromatic rings. The second-order valence-electron chi connectivity index (χ2n) is 4.08. The Hall–Kier alpha value is -2.03. The Kier molecular flexibility index (Phi) is 4.18. The van der Waals surface area contributed by atoms with Gasteiger partial charge in [-0.3, -0.25) is 0 Å². The van der Waals surface area contributed by atoms with E-state index in [2.05, 4.69) is 41.5 Å². The number of anilines is 1. The van der Waals surface area contributed by atoms with E-state index in [1.165, 1.54) is 5.56 Å². The van der Waals surface area contributed by atoms with E-state index in [0.29, 0.717) is 12.4 Å². The summed E-state index contributed by atoms with van der Waals surface area (Å²) in [5, 5.41) is 3.37. The lowest BCUT2D eigenvalue weighted by molar-refractivity contribution is 0.393. The monoisotopic (exact) mass is 242 g/mol. The van der Waals surface area contributed by atoms with Crippen LogP contribution in [-0.4, -0.2) is 12.1 Å². The van der Waals surface area contributed by atoms with Crippen LogP contribution in [-0.2, 0) is 13.0 Å². The van der Waals surface area contributed by atoms with Gasteiger partial charge < -0.3 is 10.1 Å². The van der Waals surface area contributed by atoms with Crippen molar-refractivity contribution in [1.82, 2.24) is 4.98 Å². The van der Waals surface area contributed by atoms with Crippen LogP contribution in [0.25, 0.3) is 0 Å². The predicted molar refractivity (Wildman–Crippen MR) is 73.9 cm³/mol. The number of nitrogens with one attached hydrogen (secondary N) is 1. The molecule has 0 aliphatic carbocycles. The number of ether oxygens (including phenoxy) is 1. The van der Waals surface area contributed by atoms with Crippen LogP contribution >= 0.6 is 0 Å². The van der Waals surface area contributed by atoms with E-state index < -0.39 is 0 Å². The molecule has 2 rings (SSSR count). The number of hydrogen-bond donors (Lipinski definition) is 1. The molecule has 0 spiro atoms. The van der Waals surface area contributed by atoms with Crippen molar-refractivity contribution in [2.45, 2.75) is 19.9 Å². The summed E-state index contributed by atoms with van der Waals surface area (Å²) in [7, 11) is 1.64. The Morgan fingerprint density at radius 2 is 1.94 bits per heavy atom. The van der Waals surface area contributed by atoms with Crippen molar-refractivity contribution in [3.05, 3.63) is 53.7 Å². The van der Waals surface area contributed by atoms with Gasteiger partial charge in [-0.1, -0.05) is 25.1 Å². The molecular formula is C15H18N2O. The molecule has 0 saturated carbocycles. The van der Waals surface area contributed by atoms with Crippen LogP contribution in [0.5, 0.6) is 5.88 Å². The number of benzene rings is 1. The maximum Gasteiger partial charge on any atom is 0.218 e. The lowest BCUT2D eigenvalue weighted by Gasteiger charge is -2.09. The highest BCUT2D eigenvalue weighted by Gasteiger charge is 2.02. The van der Waals surface area contributed by atoms with Gasteiger partial charge in [0.05, 0.1) is 7.11 Å². The molecule has 0 saturated heterocycles. The molecule has 18 heavy (non-hydrogen) atoms. The highest BCUT2D eigenvalue weighted by atomic mass is 16.5. The Bertz CT molecular complexity index is 494. The van der Waals surface area contributed by atoms with Gasteiger partial charge in [0.1, 0.15) is 0 Å². The van der Waals surface area contributed by atoms with Gasteiger partial charge in [-0.25, -0.2) is 4.98 Å². The second kappa shape index (κ2) is 6.05. The minimum Gasteiger partial charge on any atom is -0.481 e. The van der Waals surface area contributed by atoms with Gasteiger partial charge in [0, 0.05) is 24.0 Å². The number of nitrogens with zero attached hydrogens (tertiary/aromatic N) is 1. The molecule has 0 radical (unpaired) electrons. The fourth-order valence-electron chi connectivity index (χ4n) is 1.80. The van der Waals surface area contributed by atoms with Crippen LogP contribution in [0.15, 0.2) is 42.6 Å². The van der Waals surface area contributed by atoms with Crippen LogP contribution < -0.4 is 10.1 Å². The summed E-state index contributed by atoms with van der Waals surface area (Å²) in [6.45, 7) is 2.87. The Labute approximate surface area is 108 Å². The Morgan fingerprint density at radius 3 is 2.61 bits per heavy atom. The molecule has 1 N–H and O–H groups in total. The summed E-state index contributed by atoms with van der Waals surface area (Å²) < 4.78 is 5.22. The van der Waals surface area contributed by atoms with E-state index in [1.807, 2.05) is 12.1 Å². The third kappa shape index (κ3) is 3.00. The lowest BCUT2D eigenvalue weighted by Crippen LogP contribution is -2.02. The smallest absolute Gasteiger partial charge is 0.218 e. The maximum atomic E-state index is 5.22. The van der Waals surface area contributed by atoms with E-state index in [4.69, 9.17) is 4.74 Å². The largest absolute Gasteiger partial charge is 0.481 e. The van der Waals surface area contributed by atoms with Gasteiger partial charge in [0.15, 0.2) is 0 Å². The SMILES string of the molecule is CCc1ccc(NCc2cccnc2OC)cc1. The zero-order valence-electron chi connectivity index (χ0n) is 10.8. The highest BCUT2D eigenvalue weighted by Crippen LogP contribution is 2.16. The van der Waals surface area contributed by atoms with Crippen molar-refractivity contribution in [3.8, 4) is 5.88 Å². The number of methoxy groups -OCH3 is 1. The minimum absolute atomic E-state index is 0.676. The lowest BCUT2D eigenvalue weighted by atomic mass is 10.1. The van der Waals surface area contributed by atoms with Crippen LogP contribution in [0.2, 0.25) is 0 Å². The van der Waals surface area contributed by atoms with Gasteiger partial charge in [-0.15, -0.1) is 0 Å². The summed E-state index contributed by atoms with van der Waals surface area (Å²) in [5.74, 6) is 0.676. The maximum absolute atomic E-state index is 5.22. The van der Waals surface area contributed by atoms with Gasteiger partial charge >= 0.3 is 0 Å². The molecule has 0 aliphatic rings. The third-order valence-corrected chi connectivity index (χ3v) is 2.89. The summed E-state index contributed by atoms with van der Waals surface area (Å²) in [5.41, 5.74) is 3.51. The summed E-state index contributed by atoms with van der Waals surface area (Å²) >= 11 is 0. The van der Waals surface area contributed by atoms with Crippen molar-refractivity contribution >= 4 is 5.69 Å². The van der Waals surface area contributed by atoms with Crippen molar-refractivity contribution in [1.29, 1.82) is 0 Å². The predicted octanol–water partition coefficient (Wildman–Crippen LogP) is 3.26. The first-order valence-corrected chi connectivity index (χ1v) is 6.14. The number of aromatic nitrogens is 1. The zero-order valence-corrected chi connectivity index (χ0v) is 10.8. The van der Waals surface area contributed by atoms with Crippen LogP contribution in [0.4, 0.5) is 5.69 Å². The molecule has 0 amide bonds. The first kappa shape index (κ1) is 12.4. The molecule has 1 heterocycles. The molecule has 94 valence electrons. The average molecular weight is 242 g/mol. The van der Waals surface area contributed by atoms with Crippen molar-refractivity contribution in [2.24, 2.45) is 0 Å². The number of hydrogen-bond acceptors (Lipinski definition) is 3. The van der Waals surface area contributed by atoms with Gasteiger partial charge in [-0.05, 0) is 30.2 Å². The molecule has 3 nitrogen and oxygen atoms in total. The fourth-order valence-corrected chi connectivity index (χ4v) is 1.80. The number of pyridine rings is 1. The highest BCUT2D eigenvalue weighted by molar-refractivity contribution is 5.45. The minimum atomic E-state index is 0.676. The fraction of sp³-hybridized carbons (Fsp3) is 0.267. The normalized spacial score (nSPS) is 10.1. The van der Waals surface area contributed by atoms with E-state index >= 15 is 0 Å². The van der Waals surface area contributed by atoms with Crippen LogP contribution in [0.1, 0.15) is 18.1 Å². The quantitative estimate of drug-likeness (QED) is 0.873. The van der Waals surface area contributed by atoms with E-state index in [9.17, 15) is 0 Å². The molecular weight excluding hydrogens is 224 g/mol. The molecule has 3 heteroatoms. The third-order valence-electron chi connectivity index (χ3n) is 2.89. The summed E-state index contributed by atoms with van der Waals surface area (Å²) in [6, 6.07) is 12.4. The Balaban J connectivity index is 2.02. The molecule has 0 unspecified atom stereocenters. The molecule has 1 aromatic carbocycles. The summed E-state index contributed by atoms with van der Waals surface area (Å²) in [6.07, 6.45) is 2.80. The first-order valence-electron chi connectivity index (χ1n) is 6.14. The van der Waals surface area contributed by atoms with E-state index in [0.717, 1.165) is 17.7 Å². The molecule has 0 atom stereocenters. The Morgan fingerprint density at radius 1 is 1.17 bits per heavy atom. The number of aryl methyl sites for hydroxylation is 1. The summed E-state index contributed by atoms with van der Waals surface area (Å²) in [4.78, 5) is 4.17. The average Bonchev–Trinajstić information content (AvgIpc) is 2.46. The van der Waals surface area contributed by atoms with Crippen LogP contribution in [0, 0.1) is 0 Å². The standard InChI is InChI=1S/C15H18N2O/c1-3-12-6-8-14(9-7-12)17-11-13-5-4-10-16-15(13)18-2/h4-10,17H,3,11H2,1-2H3. The van der Waals surface area contributed by atoms with E-state index in [-0.39, 0.29) is 0 Å². The van der Waals surface area contributed by atoms with Gasteiger partial charge in [-0.2, -0.15) is 0 Å². The second-order valence-corrected chi connectivity index (χ2v) is 4.08. The van der Waals surface area contributed by atoms with Crippen LogP contribution in [0.3, 0.4) is 0 Å². The van der Waals surface area contributed by atoms with Gasteiger partial charge in [0.2, 0.25) is 5.88 Å². The van der Waals surface area contributed by atoms with Crippen molar-refractivity contribution in [2.75, 3.05) is 12.4 Å². The van der Waals surface area contributed by atoms with E-state index in [1.54, 1.807) is 13.3 Å². The molecule has 1 aromatic heterocycles. The number of rotatable bonds is 5. The van der Waals surface area contributed by atoms with Crippen molar-refractivity contribution in [3.63, 3.8) is 0 Å². The topological polar surface area (TPSA) is 34.2 Å². The first-order chi connectivity index (χ1) is 8.83. The molecule has 0 fully saturated rings. The van der Waals surface area contributed by atoms with Crippen molar-refractivity contribution < 1.29 is 4.74 Å². The molecule has 0 bridgehead atoms. The van der Waals surface area contributed by atoms with Gasteiger partial charge in [0.25, 0.3) is 0 Å². The zero-order chi connectivity index (χ0) is 12.8.